The van der Waals surface area contributed by atoms with Crippen molar-refractivity contribution in [3.63, 3.8) is 0 Å². The van der Waals surface area contributed by atoms with Crippen LogP contribution in [-0.2, 0) is 17.8 Å². The van der Waals surface area contributed by atoms with E-state index in [0.717, 1.165) is 53.5 Å². The molecule has 10 nitrogen and oxygen atoms in total. The molecule has 2 atom stereocenters. The van der Waals surface area contributed by atoms with Gasteiger partial charge in [-0.2, -0.15) is 0 Å². The second kappa shape index (κ2) is 12.0. The molecule has 5 aliphatic rings. The van der Waals surface area contributed by atoms with Crippen molar-refractivity contribution >= 4 is 23.3 Å². The summed E-state index contributed by atoms with van der Waals surface area (Å²) in [7, 11) is 0. The molecule has 210 valence electrons. The second-order valence-corrected chi connectivity index (χ2v) is 10.6. The van der Waals surface area contributed by atoms with Crippen LogP contribution in [0.1, 0.15) is 76.3 Å². The van der Waals surface area contributed by atoms with Crippen molar-refractivity contribution in [1.82, 2.24) is 14.9 Å². The third-order valence-corrected chi connectivity index (χ3v) is 7.99. The summed E-state index contributed by atoms with van der Waals surface area (Å²) >= 11 is 0. The number of quaternary nitrogens is 1. The van der Waals surface area contributed by atoms with Crippen molar-refractivity contribution in [3.8, 4) is 5.88 Å². The van der Waals surface area contributed by atoms with E-state index in [2.05, 4.69) is 9.97 Å². The van der Waals surface area contributed by atoms with Crippen LogP contribution < -0.4 is 15.5 Å². The number of hydrogen-bond donors (Lipinski definition) is 3. The molecule has 0 saturated heterocycles. The number of nitrogens with one attached hydrogen (secondary N) is 2. The van der Waals surface area contributed by atoms with Crippen LogP contribution in [0.5, 0.6) is 5.88 Å². The summed E-state index contributed by atoms with van der Waals surface area (Å²) in [6, 6.07) is 9.83. The summed E-state index contributed by atoms with van der Waals surface area (Å²) in [5.41, 5.74) is 12.7. The highest BCUT2D eigenvalue weighted by Crippen LogP contribution is 2.36. The van der Waals surface area contributed by atoms with Gasteiger partial charge in [-0.15, -0.1) is 0 Å². The van der Waals surface area contributed by atoms with Crippen LogP contribution in [0.3, 0.4) is 0 Å². The topological polar surface area (TPSA) is 147 Å². The van der Waals surface area contributed by atoms with Crippen molar-refractivity contribution in [2.75, 3.05) is 25.4 Å². The molecule has 0 saturated carbocycles. The first-order valence-electron chi connectivity index (χ1n) is 13.9. The van der Waals surface area contributed by atoms with Crippen LogP contribution in [0, 0.1) is 6.92 Å². The zero-order valence-electron chi connectivity index (χ0n) is 22.8. The van der Waals surface area contributed by atoms with Crippen LogP contribution >= 0.6 is 0 Å². The number of carboxylic acid groups (broad SMARTS) is 1. The summed E-state index contributed by atoms with van der Waals surface area (Å²) in [4.78, 5) is 35.6. The molecule has 7 bridgehead atoms. The summed E-state index contributed by atoms with van der Waals surface area (Å²) in [6.45, 7) is 3.99. The van der Waals surface area contributed by atoms with E-state index in [4.69, 9.17) is 16.3 Å². The molecule has 0 aliphatic carbocycles. The quantitative estimate of drug-likeness (QED) is 0.418. The van der Waals surface area contributed by atoms with Gasteiger partial charge in [0, 0.05) is 25.1 Å². The fraction of sp³-hybridized carbons (Fsp3) is 0.400. The van der Waals surface area contributed by atoms with E-state index in [1.54, 1.807) is 4.90 Å². The normalized spacial score (nSPS) is 19.9. The fourth-order valence-electron chi connectivity index (χ4n) is 5.67. The smallest absolute Gasteiger partial charge is 0.304 e. The van der Waals surface area contributed by atoms with Crippen LogP contribution in [0.15, 0.2) is 42.7 Å². The van der Waals surface area contributed by atoms with Gasteiger partial charge in [0.1, 0.15) is 11.4 Å². The van der Waals surface area contributed by atoms with E-state index in [1.807, 2.05) is 37.3 Å². The Bertz CT molecular complexity index is 1390. The lowest BCUT2D eigenvalue weighted by Gasteiger charge is -2.30. The van der Waals surface area contributed by atoms with Gasteiger partial charge in [0.2, 0.25) is 5.88 Å². The maximum atomic E-state index is 13.3. The zero-order chi connectivity index (χ0) is 28.2. The number of nitrogens with zero attached hydrogens (tertiary/aromatic N) is 3. The highest BCUT2D eigenvalue weighted by Gasteiger charge is 2.27. The zero-order valence-corrected chi connectivity index (χ0v) is 22.8. The number of rotatable bonds is 2. The highest BCUT2D eigenvalue weighted by atomic mass is 16.5. The average molecular weight is 545 g/mol. The first kappa shape index (κ1) is 27.5. The second-order valence-electron chi connectivity index (χ2n) is 10.6. The van der Waals surface area contributed by atoms with E-state index in [-0.39, 0.29) is 18.0 Å². The molecule has 10 heteroatoms. The van der Waals surface area contributed by atoms with Crippen molar-refractivity contribution in [1.29, 1.82) is 0 Å². The summed E-state index contributed by atoms with van der Waals surface area (Å²) < 4.78 is 5.72. The van der Waals surface area contributed by atoms with Crippen molar-refractivity contribution < 1.29 is 24.4 Å². The number of hydrogen-bond acceptors (Lipinski definition) is 6. The third-order valence-electron chi connectivity index (χ3n) is 7.99. The molecule has 1 amide bonds. The van der Waals surface area contributed by atoms with Crippen LogP contribution in [0.4, 0.5) is 11.4 Å². The number of aliphatic carboxylic acids is 1. The molecule has 0 fully saturated rings. The first-order valence-corrected chi connectivity index (χ1v) is 13.9. The SMILES string of the molecule is Cc1c2ccc(c1N)[NH+]([NH-])CCCCCCOc1cnc(cn1)C(=O)N1CCc3ccc(cc3C1)C2CC(=O)O. The lowest BCUT2D eigenvalue weighted by atomic mass is 9.83. The van der Waals surface area contributed by atoms with E-state index >= 15 is 0 Å². The van der Waals surface area contributed by atoms with E-state index in [9.17, 15) is 14.7 Å². The number of carboxylic acids is 1. The number of ether oxygens (including phenoxy) is 1. The number of aromatic nitrogens is 2. The molecule has 3 aromatic rings. The van der Waals surface area contributed by atoms with E-state index < -0.39 is 11.9 Å². The molecule has 6 heterocycles. The Morgan fingerprint density at radius 3 is 2.75 bits per heavy atom. The molecule has 2 aromatic carbocycles. The molecule has 0 radical (unpaired) electrons. The number of carbonyl (C=O) groups is 2. The molecular formula is C30H36N6O4. The van der Waals surface area contributed by atoms with Crippen LogP contribution in [0.2, 0.25) is 0 Å². The summed E-state index contributed by atoms with van der Waals surface area (Å²) in [5.74, 6) is 7.52. The van der Waals surface area contributed by atoms with Gasteiger partial charge < -0.3 is 31.3 Å². The van der Waals surface area contributed by atoms with Crippen molar-refractivity contribution in [2.24, 2.45) is 0 Å². The molecular weight excluding hydrogens is 508 g/mol. The molecule has 2 unspecified atom stereocenters. The molecule has 1 aromatic heterocycles. The fourth-order valence-corrected chi connectivity index (χ4v) is 5.67. The summed E-state index contributed by atoms with van der Waals surface area (Å²) in [6.07, 6.45) is 7.19. The largest absolute Gasteiger partial charge is 0.481 e. The number of carbonyl (C=O) groups excluding carboxylic acids is 1. The highest BCUT2D eigenvalue weighted by molar-refractivity contribution is 5.92. The van der Waals surface area contributed by atoms with Gasteiger partial charge in [-0.1, -0.05) is 24.3 Å². The Morgan fingerprint density at radius 2 is 1.98 bits per heavy atom. The van der Waals surface area contributed by atoms with Crippen LogP contribution in [-0.4, -0.2) is 51.5 Å². The molecule has 40 heavy (non-hydrogen) atoms. The average Bonchev–Trinajstić information content (AvgIpc) is 2.95. The minimum absolute atomic E-state index is 0.0947. The third kappa shape index (κ3) is 5.93. The predicted molar refractivity (Wildman–Crippen MR) is 150 cm³/mol. The van der Waals surface area contributed by atoms with Gasteiger partial charge in [-0.05, 0) is 66.8 Å². The molecule has 8 rings (SSSR count). The monoisotopic (exact) mass is 544 g/mol. The lowest BCUT2D eigenvalue weighted by molar-refractivity contribution is -0.776. The maximum absolute atomic E-state index is 13.3. The Morgan fingerprint density at radius 1 is 1.15 bits per heavy atom. The number of nitrogens with two attached hydrogens (primary N) is 1. The van der Waals surface area contributed by atoms with Gasteiger partial charge in [0.25, 0.3) is 5.91 Å². The Labute approximate surface area is 233 Å². The maximum Gasteiger partial charge on any atom is 0.304 e. The standard InChI is InChI=1S/C30H36N6O4/c1-19-23-8-9-26(29(19)31)36(32)11-4-2-3-5-13-40-27-17-33-25(16-34-27)30(39)35-12-10-20-6-7-21(14-22(20)18-35)24(23)15-28(37)38/h6-9,14,16-17,24,32,36H,2-5,10-13,15,18,31H2,1H3,(H,37,38). The molecule has 0 spiro atoms. The van der Waals surface area contributed by atoms with Gasteiger partial charge in [-0.25, -0.2) is 9.97 Å². The van der Waals surface area contributed by atoms with Gasteiger partial charge >= 0.3 is 5.97 Å². The molecule has 5 N–H and O–H groups in total. The van der Waals surface area contributed by atoms with Gasteiger partial charge in [0.15, 0.2) is 0 Å². The first-order chi connectivity index (χ1) is 19.3. The van der Waals surface area contributed by atoms with E-state index in [0.29, 0.717) is 54.9 Å². The van der Waals surface area contributed by atoms with Gasteiger partial charge in [0.05, 0.1) is 37.7 Å². The Balaban J connectivity index is 1.52. The van der Waals surface area contributed by atoms with Crippen molar-refractivity contribution in [2.45, 2.75) is 57.9 Å². The van der Waals surface area contributed by atoms with Crippen LogP contribution in [0.25, 0.3) is 5.84 Å². The minimum Gasteiger partial charge on any atom is -0.481 e. The number of nitrogen functional groups attached to an aromatic ring is 1. The van der Waals surface area contributed by atoms with Crippen molar-refractivity contribution in [3.05, 3.63) is 82.1 Å². The number of benzene rings is 2. The van der Waals surface area contributed by atoms with Gasteiger partial charge in [-0.3, -0.25) is 9.59 Å². The minimum atomic E-state index is -0.905. The number of amides is 1. The molecule has 5 aliphatic heterocycles. The Kier molecular flexibility index (Phi) is 8.27. The lowest BCUT2D eigenvalue weighted by Crippen LogP contribution is -3.00. The summed E-state index contributed by atoms with van der Waals surface area (Å²) in [5, 5.41) is 10.3. The van der Waals surface area contributed by atoms with E-state index in [1.165, 1.54) is 12.4 Å². The number of anilines is 1. The Hall–Kier alpha value is -4.02. The predicted octanol–water partition coefficient (Wildman–Crippen LogP) is 3.61.